The lowest BCUT2D eigenvalue weighted by molar-refractivity contribution is 0.394. The molecule has 0 aliphatic carbocycles. The van der Waals surface area contributed by atoms with Gasteiger partial charge < -0.3 is 25.0 Å². The molecule has 0 bridgehead atoms. The largest absolute Gasteiger partial charge is 0.497 e. The van der Waals surface area contributed by atoms with Crippen molar-refractivity contribution < 1.29 is 17.9 Å². The van der Waals surface area contributed by atoms with Gasteiger partial charge in [-0.3, -0.25) is 4.99 Å². The number of benzene rings is 2. The Bertz CT molecular complexity index is 974. The molecule has 1 aliphatic rings. The molecule has 3 rings (SSSR count). The molecule has 0 amide bonds. The van der Waals surface area contributed by atoms with Gasteiger partial charge in [0.05, 0.1) is 24.9 Å². The van der Waals surface area contributed by atoms with Crippen molar-refractivity contribution in [1.82, 2.24) is 10.6 Å². The number of hydrogen-bond acceptors (Lipinski definition) is 6. The molecule has 31 heavy (non-hydrogen) atoms. The summed E-state index contributed by atoms with van der Waals surface area (Å²) in [6, 6.07) is 14.5. The molecule has 1 aliphatic heterocycles. The van der Waals surface area contributed by atoms with Gasteiger partial charge in [0, 0.05) is 56.6 Å². The zero-order valence-electron chi connectivity index (χ0n) is 18.2. The topological polar surface area (TPSA) is 92.3 Å². The third-order valence-corrected chi connectivity index (χ3v) is 6.95. The Morgan fingerprint density at radius 3 is 2.42 bits per heavy atom. The van der Waals surface area contributed by atoms with Crippen molar-refractivity contribution in [2.24, 2.45) is 4.99 Å². The van der Waals surface area contributed by atoms with E-state index >= 15 is 0 Å². The molecule has 8 nitrogen and oxygen atoms in total. The number of aliphatic imine (C=N–C) groups is 1. The van der Waals surface area contributed by atoms with Gasteiger partial charge in [-0.25, -0.2) is 8.42 Å². The highest BCUT2D eigenvalue weighted by molar-refractivity contribution is 7.91. The number of sulfone groups is 1. The van der Waals surface area contributed by atoms with Crippen LogP contribution in [0.1, 0.15) is 6.42 Å². The number of guanidine groups is 1. The molecule has 9 heteroatoms. The van der Waals surface area contributed by atoms with E-state index in [0.29, 0.717) is 10.9 Å². The van der Waals surface area contributed by atoms with Crippen molar-refractivity contribution >= 4 is 21.5 Å². The van der Waals surface area contributed by atoms with Gasteiger partial charge in [0.15, 0.2) is 15.8 Å². The van der Waals surface area contributed by atoms with Crippen LogP contribution in [0.3, 0.4) is 0 Å². The van der Waals surface area contributed by atoms with Gasteiger partial charge in [-0.15, -0.1) is 0 Å². The molecule has 1 saturated heterocycles. The quantitative estimate of drug-likeness (QED) is 0.473. The van der Waals surface area contributed by atoms with E-state index in [0.717, 1.165) is 36.7 Å². The second kappa shape index (κ2) is 10.4. The minimum Gasteiger partial charge on any atom is -0.497 e. The Kier molecular flexibility index (Phi) is 7.62. The van der Waals surface area contributed by atoms with Crippen LogP contribution in [0, 0.1) is 0 Å². The van der Waals surface area contributed by atoms with Crippen LogP contribution < -0.4 is 25.0 Å². The predicted molar refractivity (Wildman–Crippen MR) is 123 cm³/mol. The number of rotatable bonds is 8. The smallest absolute Gasteiger partial charge is 0.191 e. The maximum Gasteiger partial charge on any atom is 0.191 e. The Morgan fingerprint density at radius 1 is 1.13 bits per heavy atom. The summed E-state index contributed by atoms with van der Waals surface area (Å²) in [6.07, 6.45) is 0.933. The van der Waals surface area contributed by atoms with E-state index in [1.54, 1.807) is 51.6 Å². The van der Waals surface area contributed by atoms with E-state index in [4.69, 9.17) is 9.47 Å². The van der Waals surface area contributed by atoms with E-state index < -0.39 is 9.84 Å². The molecule has 2 aromatic carbocycles. The molecule has 2 N–H and O–H groups in total. The summed E-state index contributed by atoms with van der Waals surface area (Å²) in [5.74, 6) is 2.10. The molecule has 0 aromatic heterocycles. The number of methoxy groups -OCH3 is 2. The standard InChI is InChI=1S/C22H30N4O4S/c1-23-22(24-10-12-31(27,28)21-7-5-4-6-8-21)25-17-9-11-26(16-17)18-13-19(29-2)15-20(14-18)30-3/h4-8,13-15,17H,9-12,16H2,1-3H3,(H2,23,24,25). The Morgan fingerprint density at radius 2 is 1.81 bits per heavy atom. The molecule has 1 unspecified atom stereocenters. The lowest BCUT2D eigenvalue weighted by atomic mass is 10.2. The second-order valence-electron chi connectivity index (χ2n) is 7.28. The number of ether oxygens (including phenoxy) is 2. The molecule has 0 saturated carbocycles. The summed E-state index contributed by atoms with van der Waals surface area (Å²) >= 11 is 0. The normalized spacial score (nSPS) is 16.8. The molecule has 1 heterocycles. The van der Waals surface area contributed by atoms with Crippen molar-refractivity contribution in [1.29, 1.82) is 0 Å². The molecular weight excluding hydrogens is 416 g/mol. The predicted octanol–water partition coefficient (Wildman–Crippen LogP) is 1.92. The Hall–Kier alpha value is -2.94. The highest BCUT2D eigenvalue weighted by Crippen LogP contribution is 2.30. The third-order valence-electron chi connectivity index (χ3n) is 5.22. The van der Waals surface area contributed by atoms with Crippen LogP contribution in [0.5, 0.6) is 11.5 Å². The Labute approximate surface area is 184 Å². The van der Waals surface area contributed by atoms with Crippen LogP contribution in [-0.2, 0) is 9.84 Å². The maximum atomic E-state index is 12.4. The van der Waals surface area contributed by atoms with Crippen LogP contribution >= 0.6 is 0 Å². The minimum absolute atomic E-state index is 0.00188. The Balaban J connectivity index is 1.53. The average molecular weight is 447 g/mol. The fourth-order valence-electron chi connectivity index (χ4n) is 3.53. The van der Waals surface area contributed by atoms with Crippen molar-refractivity contribution in [3.63, 3.8) is 0 Å². The van der Waals surface area contributed by atoms with Crippen LogP contribution in [0.15, 0.2) is 58.4 Å². The molecule has 168 valence electrons. The third kappa shape index (κ3) is 6.04. The molecule has 0 spiro atoms. The lowest BCUT2D eigenvalue weighted by Gasteiger charge is -2.21. The van der Waals surface area contributed by atoms with Gasteiger partial charge in [0.1, 0.15) is 11.5 Å². The highest BCUT2D eigenvalue weighted by Gasteiger charge is 2.24. The van der Waals surface area contributed by atoms with Gasteiger partial charge in [-0.05, 0) is 18.6 Å². The summed E-state index contributed by atoms with van der Waals surface area (Å²) in [5, 5.41) is 6.50. The zero-order valence-corrected chi connectivity index (χ0v) is 19.0. The minimum atomic E-state index is -3.33. The summed E-state index contributed by atoms with van der Waals surface area (Å²) in [6.45, 7) is 1.95. The average Bonchev–Trinajstić information content (AvgIpc) is 3.27. The summed E-state index contributed by atoms with van der Waals surface area (Å²) in [4.78, 5) is 6.83. The maximum absolute atomic E-state index is 12.4. The first-order chi connectivity index (χ1) is 14.9. The van der Waals surface area contributed by atoms with E-state index in [9.17, 15) is 8.42 Å². The van der Waals surface area contributed by atoms with E-state index in [2.05, 4.69) is 20.5 Å². The SMILES string of the molecule is CN=C(NCCS(=O)(=O)c1ccccc1)NC1CCN(c2cc(OC)cc(OC)c2)C1. The summed E-state index contributed by atoms with van der Waals surface area (Å²) in [5.41, 5.74) is 1.04. The number of nitrogens with one attached hydrogen (secondary N) is 2. The van der Waals surface area contributed by atoms with Crippen molar-refractivity contribution in [3.8, 4) is 11.5 Å². The molecule has 1 fully saturated rings. The monoisotopic (exact) mass is 446 g/mol. The van der Waals surface area contributed by atoms with Gasteiger partial charge in [0.25, 0.3) is 0 Å². The number of hydrogen-bond donors (Lipinski definition) is 2. The van der Waals surface area contributed by atoms with Crippen LogP contribution in [0.2, 0.25) is 0 Å². The van der Waals surface area contributed by atoms with Crippen molar-refractivity contribution in [2.75, 3.05) is 51.6 Å². The first kappa shape index (κ1) is 22.7. The zero-order chi connectivity index (χ0) is 22.3. The molecule has 2 aromatic rings. The fraction of sp³-hybridized carbons (Fsp3) is 0.409. The van der Waals surface area contributed by atoms with Crippen LogP contribution in [0.4, 0.5) is 5.69 Å². The van der Waals surface area contributed by atoms with E-state index in [1.807, 2.05) is 18.2 Å². The van der Waals surface area contributed by atoms with Gasteiger partial charge >= 0.3 is 0 Å². The van der Waals surface area contributed by atoms with Crippen molar-refractivity contribution in [3.05, 3.63) is 48.5 Å². The first-order valence-electron chi connectivity index (χ1n) is 10.2. The summed E-state index contributed by atoms with van der Waals surface area (Å²) < 4.78 is 35.6. The van der Waals surface area contributed by atoms with Gasteiger partial charge in [0.2, 0.25) is 0 Å². The first-order valence-corrected chi connectivity index (χ1v) is 11.8. The second-order valence-corrected chi connectivity index (χ2v) is 9.39. The molecule has 1 atom stereocenters. The van der Waals surface area contributed by atoms with Crippen molar-refractivity contribution in [2.45, 2.75) is 17.4 Å². The molecular formula is C22H30N4O4S. The highest BCUT2D eigenvalue weighted by atomic mass is 32.2. The fourth-order valence-corrected chi connectivity index (χ4v) is 4.70. The van der Waals surface area contributed by atoms with Crippen LogP contribution in [-0.4, -0.2) is 67.1 Å². The number of nitrogens with zero attached hydrogens (tertiary/aromatic N) is 2. The van der Waals surface area contributed by atoms with Gasteiger partial charge in [-0.2, -0.15) is 0 Å². The summed E-state index contributed by atoms with van der Waals surface area (Å²) in [7, 11) is 1.63. The van der Waals surface area contributed by atoms with Gasteiger partial charge in [-0.1, -0.05) is 18.2 Å². The van der Waals surface area contributed by atoms with Crippen LogP contribution in [0.25, 0.3) is 0 Å². The van der Waals surface area contributed by atoms with E-state index in [1.165, 1.54) is 0 Å². The molecule has 0 radical (unpaired) electrons. The number of anilines is 1. The van der Waals surface area contributed by atoms with E-state index in [-0.39, 0.29) is 18.3 Å². The lowest BCUT2D eigenvalue weighted by Crippen LogP contribution is -2.45.